The van der Waals surface area contributed by atoms with Gasteiger partial charge in [-0.25, -0.2) is 0 Å². The quantitative estimate of drug-likeness (QED) is 0.730. The van der Waals surface area contributed by atoms with Crippen LogP contribution in [0.15, 0.2) is 36.7 Å². The second-order valence-electron chi connectivity index (χ2n) is 5.51. The molecule has 0 spiro atoms. The van der Waals surface area contributed by atoms with E-state index in [9.17, 15) is 4.79 Å². The minimum absolute atomic E-state index is 0.132. The van der Waals surface area contributed by atoms with Crippen LogP contribution in [0.1, 0.15) is 15.9 Å². The minimum atomic E-state index is -0.132. The molecule has 124 valence electrons. The van der Waals surface area contributed by atoms with Crippen LogP contribution in [0.2, 0.25) is 5.02 Å². The number of hydrogen-bond donors (Lipinski definition) is 0. The van der Waals surface area contributed by atoms with Gasteiger partial charge in [-0.2, -0.15) is 5.10 Å². The van der Waals surface area contributed by atoms with Crippen molar-refractivity contribution in [3.63, 3.8) is 0 Å². The molecule has 0 radical (unpaired) electrons. The number of rotatable bonds is 4. The van der Waals surface area contributed by atoms with E-state index in [2.05, 4.69) is 10.1 Å². The van der Waals surface area contributed by atoms with Crippen molar-refractivity contribution < 1.29 is 9.53 Å². The summed E-state index contributed by atoms with van der Waals surface area (Å²) in [6.07, 6.45) is 3.24. The van der Waals surface area contributed by atoms with Gasteiger partial charge in [-0.3, -0.25) is 14.5 Å². The van der Waals surface area contributed by atoms with Gasteiger partial charge < -0.3 is 9.64 Å². The lowest BCUT2D eigenvalue weighted by Gasteiger charge is -2.19. The Balaban J connectivity index is 1.86. The van der Waals surface area contributed by atoms with Crippen molar-refractivity contribution in [2.75, 3.05) is 14.2 Å². The number of hydrogen-bond acceptors (Lipinski definition) is 4. The van der Waals surface area contributed by atoms with Gasteiger partial charge in [-0.15, -0.1) is 0 Å². The molecule has 0 saturated heterocycles. The maximum atomic E-state index is 12.7. The zero-order valence-electron chi connectivity index (χ0n) is 13.7. The summed E-state index contributed by atoms with van der Waals surface area (Å²) in [6, 6.07) is 7.14. The fraction of sp³-hybridized carbons (Fsp3) is 0.235. The lowest BCUT2D eigenvalue weighted by molar-refractivity contribution is 0.0784. The fourth-order valence-corrected chi connectivity index (χ4v) is 2.76. The number of carbonyl (C=O) groups is 1. The smallest absolute Gasteiger partial charge is 0.255 e. The molecule has 3 aromatic rings. The van der Waals surface area contributed by atoms with Gasteiger partial charge in [0, 0.05) is 37.4 Å². The third kappa shape index (κ3) is 3.05. The van der Waals surface area contributed by atoms with Crippen molar-refractivity contribution in [3.05, 3.63) is 52.8 Å². The predicted octanol–water partition coefficient (Wildman–Crippen LogP) is 2.90. The Labute approximate surface area is 144 Å². The van der Waals surface area contributed by atoms with E-state index >= 15 is 0 Å². The number of aromatic nitrogens is 3. The number of amides is 1. The molecule has 0 aliphatic heterocycles. The molecule has 2 aromatic heterocycles. The molecule has 0 aliphatic carbocycles. The summed E-state index contributed by atoms with van der Waals surface area (Å²) in [4.78, 5) is 18.6. The van der Waals surface area contributed by atoms with Gasteiger partial charge in [0.1, 0.15) is 11.3 Å². The number of aryl methyl sites for hydroxylation is 1. The highest BCUT2D eigenvalue weighted by atomic mass is 35.5. The Morgan fingerprint density at radius 1 is 1.33 bits per heavy atom. The maximum Gasteiger partial charge on any atom is 0.255 e. The molecule has 0 bridgehead atoms. The van der Waals surface area contributed by atoms with Crippen LogP contribution in [-0.2, 0) is 13.6 Å². The molecule has 0 aliphatic rings. The fourth-order valence-electron chi connectivity index (χ4n) is 2.56. The number of ether oxygens (including phenoxy) is 1. The molecule has 0 atom stereocenters. The van der Waals surface area contributed by atoms with Crippen molar-refractivity contribution in [2.45, 2.75) is 6.54 Å². The van der Waals surface area contributed by atoms with Gasteiger partial charge in [0.05, 0.1) is 24.4 Å². The zero-order valence-corrected chi connectivity index (χ0v) is 14.4. The number of benzene rings is 1. The molecular weight excluding hydrogens is 328 g/mol. The van der Waals surface area contributed by atoms with Gasteiger partial charge in [0.15, 0.2) is 0 Å². The number of methoxy groups -OCH3 is 1. The molecule has 6 nitrogen and oxygen atoms in total. The summed E-state index contributed by atoms with van der Waals surface area (Å²) in [5.41, 5.74) is 2.92. The molecule has 1 amide bonds. The summed E-state index contributed by atoms with van der Waals surface area (Å²) in [7, 11) is 5.14. The molecule has 2 heterocycles. The van der Waals surface area contributed by atoms with E-state index in [1.807, 2.05) is 7.05 Å². The molecule has 3 rings (SSSR count). The Morgan fingerprint density at radius 2 is 2.12 bits per heavy atom. The molecule has 1 aromatic carbocycles. The summed E-state index contributed by atoms with van der Waals surface area (Å²) in [6.45, 7) is 0.381. The van der Waals surface area contributed by atoms with E-state index < -0.39 is 0 Å². The van der Waals surface area contributed by atoms with Crippen molar-refractivity contribution in [1.82, 2.24) is 19.7 Å². The number of pyridine rings is 1. The van der Waals surface area contributed by atoms with Crippen molar-refractivity contribution >= 4 is 28.5 Å². The first-order valence-electron chi connectivity index (χ1n) is 7.35. The van der Waals surface area contributed by atoms with Crippen LogP contribution in [0.4, 0.5) is 0 Å². The highest BCUT2D eigenvalue weighted by molar-refractivity contribution is 6.30. The first-order chi connectivity index (χ1) is 11.5. The molecule has 24 heavy (non-hydrogen) atoms. The first-order valence-corrected chi connectivity index (χ1v) is 7.73. The molecule has 7 heteroatoms. The number of fused-ring (bicyclic) bond motifs is 1. The van der Waals surface area contributed by atoms with Crippen molar-refractivity contribution in [3.8, 4) is 5.75 Å². The van der Waals surface area contributed by atoms with E-state index in [4.69, 9.17) is 16.3 Å². The second kappa shape index (κ2) is 6.49. The minimum Gasteiger partial charge on any atom is -0.496 e. The monoisotopic (exact) mass is 344 g/mol. The molecular formula is C17H17ClN4O2. The van der Waals surface area contributed by atoms with Gasteiger partial charge in [0.25, 0.3) is 5.91 Å². The summed E-state index contributed by atoms with van der Waals surface area (Å²) < 4.78 is 7.02. The maximum absolute atomic E-state index is 12.7. The standard InChI is InChI=1S/C17H17ClN4O2/c1-21(10-12-6-13(18)4-5-16(12)24-3)17(23)11-7-15-14(19-8-11)9-20-22(15)2/h4-9H,10H2,1-3H3. The lowest BCUT2D eigenvalue weighted by atomic mass is 10.1. The zero-order chi connectivity index (χ0) is 17.3. The summed E-state index contributed by atoms with van der Waals surface area (Å²) >= 11 is 6.05. The van der Waals surface area contributed by atoms with Gasteiger partial charge >= 0.3 is 0 Å². The van der Waals surface area contributed by atoms with E-state index in [0.29, 0.717) is 22.9 Å². The highest BCUT2D eigenvalue weighted by Crippen LogP contribution is 2.24. The Hall–Kier alpha value is -2.60. The lowest BCUT2D eigenvalue weighted by Crippen LogP contribution is -2.26. The van der Waals surface area contributed by atoms with Crippen LogP contribution in [0.5, 0.6) is 5.75 Å². The second-order valence-corrected chi connectivity index (χ2v) is 5.95. The average molecular weight is 345 g/mol. The Bertz CT molecular complexity index is 907. The highest BCUT2D eigenvalue weighted by Gasteiger charge is 2.16. The molecule has 0 fully saturated rings. The summed E-state index contributed by atoms with van der Waals surface area (Å²) in [5.74, 6) is 0.562. The van der Waals surface area contributed by atoms with Gasteiger partial charge in [-0.1, -0.05) is 11.6 Å². The Morgan fingerprint density at radius 3 is 2.88 bits per heavy atom. The molecule has 0 N–H and O–H groups in total. The Kier molecular flexibility index (Phi) is 4.40. The average Bonchev–Trinajstić information content (AvgIpc) is 2.95. The van der Waals surface area contributed by atoms with Crippen LogP contribution in [0.25, 0.3) is 11.0 Å². The number of carbonyl (C=O) groups excluding carboxylic acids is 1. The third-order valence-corrected chi connectivity index (χ3v) is 4.08. The van der Waals surface area contributed by atoms with Crippen molar-refractivity contribution in [1.29, 1.82) is 0 Å². The van der Waals surface area contributed by atoms with Crippen molar-refractivity contribution in [2.24, 2.45) is 7.05 Å². The van der Waals surface area contributed by atoms with Gasteiger partial charge in [-0.05, 0) is 24.3 Å². The van der Waals surface area contributed by atoms with Gasteiger partial charge in [0.2, 0.25) is 0 Å². The van der Waals surface area contributed by atoms with E-state index in [1.165, 1.54) is 0 Å². The SMILES string of the molecule is COc1ccc(Cl)cc1CN(C)C(=O)c1cnc2cnn(C)c2c1. The van der Waals surface area contributed by atoms with Crippen LogP contribution < -0.4 is 4.74 Å². The number of nitrogens with zero attached hydrogens (tertiary/aromatic N) is 4. The largest absolute Gasteiger partial charge is 0.496 e. The van der Waals surface area contributed by atoms with Crippen LogP contribution in [0.3, 0.4) is 0 Å². The van der Waals surface area contributed by atoms with E-state index in [-0.39, 0.29) is 5.91 Å². The topological polar surface area (TPSA) is 60.2 Å². The van der Waals surface area contributed by atoms with E-state index in [0.717, 1.165) is 16.6 Å². The number of halogens is 1. The van der Waals surface area contributed by atoms with Crippen LogP contribution >= 0.6 is 11.6 Å². The van der Waals surface area contributed by atoms with Crippen LogP contribution in [-0.4, -0.2) is 39.7 Å². The van der Waals surface area contributed by atoms with Crippen LogP contribution in [0, 0.1) is 0 Å². The summed E-state index contributed by atoms with van der Waals surface area (Å²) in [5, 5.41) is 4.74. The molecule has 0 unspecified atom stereocenters. The normalized spacial score (nSPS) is 10.8. The third-order valence-electron chi connectivity index (χ3n) is 3.84. The van der Waals surface area contributed by atoms with E-state index in [1.54, 1.807) is 60.4 Å². The first kappa shape index (κ1) is 16.3. The molecule has 0 saturated carbocycles. The predicted molar refractivity (Wildman–Crippen MR) is 92.3 cm³/mol.